The standard InChI is InChI=1S/C9H16O4/c1-3-5-8(7(11)6-10)13-9(12)4-2/h4,7-8,10-11H,2-3,5-6H2,1H3. The first-order chi connectivity index (χ1) is 6.15. The molecule has 0 aliphatic carbocycles. The second-order valence-corrected chi connectivity index (χ2v) is 2.72. The Morgan fingerprint density at radius 2 is 2.31 bits per heavy atom. The molecule has 0 fully saturated rings. The van der Waals surface area contributed by atoms with Crippen LogP contribution in [0.5, 0.6) is 0 Å². The van der Waals surface area contributed by atoms with Crippen molar-refractivity contribution in [2.75, 3.05) is 6.61 Å². The van der Waals surface area contributed by atoms with Gasteiger partial charge in [0.1, 0.15) is 12.2 Å². The molecule has 0 aromatic carbocycles. The molecule has 0 bridgehead atoms. The Labute approximate surface area is 77.8 Å². The molecule has 4 nitrogen and oxygen atoms in total. The van der Waals surface area contributed by atoms with E-state index in [0.29, 0.717) is 6.42 Å². The number of hydrogen-bond donors (Lipinski definition) is 2. The number of carbonyl (C=O) groups is 1. The fraction of sp³-hybridized carbons (Fsp3) is 0.667. The Bertz CT molecular complexity index is 167. The van der Waals surface area contributed by atoms with Crippen LogP contribution in [0.15, 0.2) is 12.7 Å². The summed E-state index contributed by atoms with van der Waals surface area (Å²) < 4.78 is 4.83. The third kappa shape index (κ3) is 4.65. The van der Waals surface area contributed by atoms with Gasteiger partial charge in [-0.05, 0) is 6.42 Å². The first-order valence-electron chi connectivity index (χ1n) is 4.27. The van der Waals surface area contributed by atoms with Crippen LogP contribution in [0.2, 0.25) is 0 Å². The summed E-state index contributed by atoms with van der Waals surface area (Å²) in [5.74, 6) is -0.578. The first kappa shape index (κ1) is 12.1. The Kier molecular flexibility index (Phi) is 6.18. The largest absolute Gasteiger partial charge is 0.456 e. The van der Waals surface area contributed by atoms with Gasteiger partial charge in [0.25, 0.3) is 0 Å². The van der Waals surface area contributed by atoms with E-state index in [2.05, 4.69) is 6.58 Å². The first-order valence-corrected chi connectivity index (χ1v) is 4.27. The van der Waals surface area contributed by atoms with Crippen LogP contribution in [0.3, 0.4) is 0 Å². The highest BCUT2D eigenvalue weighted by molar-refractivity contribution is 5.81. The van der Waals surface area contributed by atoms with E-state index in [4.69, 9.17) is 9.84 Å². The lowest BCUT2D eigenvalue weighted by Crippen LogP contribution is -2.33. The van der Waals surface area contributed by atoms with Crippen molar-refractivity contribution in [1.29, 1.82) is 0 Å². The third-order valence-electron chi connectivity index (χ3n) is 1.62. The maximum Gasteiger partial charge on any atom is 0.330 e. The van der Waals surface area contributed by atoms with E-state index in [1.165, 1.54) is 0 Å². The Hall–Kier alpha value is -0.870. The van der Waals surface area contributed by atoms with Crippen LogP contribution in [-0.4, -0.2) is 35.0 Å². The van der Waals surface area contributed by atoms with Crippen molar-refractivity contribution in [3.05, 3.63) is 12.7 Å². The van der Waals surface area contributed by atoms with Crippen molar-refractivity contribution >= 4 is 5.97 Å². The SMILES string of the molecule is C=CC(=O)OC(CCC)C(O)CO. The zero-order valence-corrected chi connectivity index (χ0v) is 7.77. The number of esters is 1. The smallest absolute Gasteiger partial charge is 0.330 e. The van der Waals surface area contributed by atoms with Gasteiger partial charge in [-0.2, -0.15) is 0 Å². The zero-order chi connectivity index (χ0) is 10.3. The molecule has 0 heterocycles. The third-order valence-corrected chi connectivity index (χ3v) is 1.62. The van der Waals surface area contributed by atoms with Crippen molar-refractivity contribution in [2.45, 2.75) is 32.0 Å². The van der Waals surface area contributed by atoms with E-state index in [1.807, 2.05) is 6.92 Å². The molecule has 0 radical (unpaired) electrons. The number of carbonyl (C=O) groups excluding carboxylic acids is 1. The van der Waals surface area contributed by atoms with E-state index >= 15 is 0 Å². The molecular formula is C9H16O4. The quantitative estimate of drug-likeness (QED) is 0.463. The average molecular weight is 188 g/mol. The summed E-state index contributed by atoms with van der Waals surface area (Å²) in [4.78, 5) is 10.8. The topological polar surface area (TPSA) is 66.8 Å². The molecule has 2 unspecified atom stereocenters. The lowest BCUT2D eigenvalue weighted by Gasteiger charge is -2.20. The van der Waals surface area contributed by atoms with Gasteiger partial charge in [-0.15, -0.1) is 0 Å². The highest BCUT2D eigenvalue weighted by Gasteiger charge is 2.20. The van der Waals surface area contributed by atoms with Gasteiger partial charge in [0.15, 0.2) is 0 Å². The Morgan fingerprint density at radius 1 is 1.69 bits per heavy atom. The Balaban J connectivity index is 4.07. The summed E-state index contributed by atoms with van der Waals surface area (Å²) in [6.07, 6.45) is 0.685. The predicted molar refractivity (Wildman–Crippen MR) is 48.1 cm³/mol. The van der Waals surface area contributed by atoms with Gasteiger partial charge >= 0.3 is 5.97 Å². The minimum atomic E-state index is -1.01. The maximum absolute atomic E-state index is 10.8. The molecular weight excluding hydrogens is 172 g/mol. The van der Waals surface area contributed by atoms with Gasteiger partial charge < -0.3 is 14.9 Å². The van der Waals surface area contributed by atoms with E-state index in [-0.39, 0.29) is 0 Å². The molecule has 0 aromatic rings. The summed E-state index contributed by atoms with van der Waals surface area (Å²) in [7, 11) is 0. The zero-order valence-electron chi connectivity index (χ0n) is 7.77. The van der Waals surface area contributed by atoms with Crippen molar-refractivity contribution in [3.63, 3.8) is 0 Å². The summed E-state index contributed by atoms with van der Waals surface area (Å²) in [6, 6.07) is 0. The van der Waals surface area contributed by atoms with E-state index < -0.39 is 24.8 Å². The molecule has 2 atom stereocenters. The summed E-state index contributed by atoms with van der Waals surface area (Å²) in [5, 5.41) is 17.9. The molecule has 0 aromatic heterocycles. The number of ether oxygens (including phenoxy) is 1. The van der Waals surface area contributed by atoms with Gasteiger partial charge in [-0.25, -0.2) is 4.79 Å². The molecule has 76 valence electrons. The molecule has 0 saturated heterocycles. The number of hydrogen-bond acceptors (Lipinski definition) is 4. The summed E-state index contributed by atoms with van der Waals surface area (Å²) >= 11 is 0. The van der Waals surface area contributed by atoms with Crippen molar-refractivity contribution in [1.82, 2.24) is 0 Å². The van der Waals surface area contributed by atoms with Gasteiger partial charge in [0.05, 0.1) is 6.61 Å². The van der Waals surface area contributed by atoms with Crippen LogP contribution in [-0.2, 0) is 9.53 Å². The van der Waals surface area contributed by atoms with Crippen LogP contribution in [0.1, 0.15) is 19.8 Å². The monoisotopic (exact) mass is 188 g/mol. The number of aliphatic hydroxyl groups excluding tert-OH is 2. The van der Waals surface area contributed by atoms with E-state index in [1.54, 1.807) is 0 Å². The van der Waals surface area contributed by atoms with Crippen LogP contribution in [0.25, 0.3) is 0 Å². The summed E-state index contributed by atoms with van der Waals surface area (Å²) in [5.41, 5.74) is 0. The average Bonchev–Trinajstić information content (AvgIpc) is 2.15. The molecule has 0 aliphatic heterocycles. The minimum Gasteiger partial charge on any atom is -0.456 e. The van der Waals surface area contributed by atoms with Crippen LogP contribution in [0, 0.1) is 0 Å². The lowest BCUT2D eigenvalue weighted by atomic mass is 10.1. The van der Waals surface area contributed by atoms with Crippen molar-refractivity contribution < 1.29 is 19.7 Å². The van der Waals surface area contributed by atoms with E-state index in [9.17, 15) is 9.90 Å². The molecule has 0 saturated carbocycles. The minimum absolute atomic E-state index is 0.408. The molecule has 4 heteroatoms. The van der Waals surface area contributed by atoms with Gasteiger partial charge in [-0.3, -0.25) is 0 Å². The van der Waals surface area contributed by atoms with Gasteiger partial charge in [0, 0.05) is 6.08 Å². The highest BCUT2D eigenvalue weighted by Crippen LogP contribution is 2.07. The molecule has 2 N–H and O–H groups in total. The molecule has 0 spiro atoms. The summed E-state index contributed by atoms with van der Waals surface area (Å²) in [6.45, 7) is 4.73. The van der Waals surface area contributed by atoms with Crippen molar-refractivity contribution in [2.24, 2.45) is 0 Å². The maximum atomic E-state index is 10.8. The highest BCUT2D eigenvalue weighted by atomic mass is 16.6. The second-order valence-electron chi connectivity index (χ2n) is 2.72. The fourth-order valence-corrected chi connectivity index (χ4v) is 0.929. The van der Waals surface area contributed by atoms with E-state index in [0.717, 1.165) is 12.5 Å². The Morgan fingerprint density at radius 3 is 2.69 bits per heavy atom. The molecule has 0 rings (SSSR count). The predicted octanol–water partition coefficient (Wildman–Crippen LogP) is 0.237. The molecule has 13 heavy (non-hydrogen) atoms. The van der Waals surface area contributed by atoms with Gasteiger partial charge in [0.2, 0.25) is 0 Å². The normalized spacial score (nSPS) is 14.7. The number of aliphatic hydroxyl groups is 2. The van der Waals surface area contributed by atoms with Crippen LogP contribution in [0.4, 0.5) is 0 Å². The van der Waals surface area contributed by atoms with Gasteiger partial charge in [-0.1, -0.05) is 19.9 Å². The van der Waals surface area contributed by atoms with Crippen LogP contribution < -0.4 is 0 Å². The fourth-order valence-electron chi connectivity index (χ4n) is 0.929. The lowest BCUT2D eigenvalue weighted by molar-refractivity contribution is -0.151. The molecule has 0 amide bonds. The molecule has 0 aliphatic rings. The second kappa shape index (κ2) is 6.62. The van der Waals surface area contributed by atoms with Crippen LogP contribution >= 0.6 is 0 Å². The number of rotatable bonds is 6. The van der Waals surface area contributed by atoms with Crippen molar-refractivity contribution in [3.8, 4) is 0 Å².